The van der Waals surface area contributed by atoms with E-state index in [4.69, 9.17) is 4.52 Å². The molecule has 8 heteroatoms. The third kappa shape index (κ3) is 4.63. The summed E-state index contributed by atoms with van der Waals surface area (Å²) in [6.07, 6.45) is 2.42. The second-order valence-electron chi connectivity index (χ2n) is 8.70. The Balaban J connectivity index is 1.57. The van der Waals surface area contributed by atoms with Crippen molar-refractivity contribution in [1.82, 2.24) is 15.0 Å². The molecule has 1 aromatic carbocycles. The first-order valence-corrected chi connectivity index (χ1v) is 10.8. The molecule has 1 atom stereocenters. The highest BCUT2D eigenvalue weighted by Gasteiger charge is 2.45. The molecule has 0 unspecified atom stereocenters. The van der Waals surface area contributed by atoms with Crippen LogP contribution >= 0.6 is 0 Å². The van der Waals surface area contributed by atoms with Gasteiger partial charge in [-0.15, -0.1) is 0 Å². The summed E-state index contributed by atoms with van der Waals surface area (Å²) in [6.45, 7) is 3.54. The van der Waals surface area contributed by atoms with Gasteiger partial charge in [0.1, 0.15) is 17.3 Å². The Morgan fingerprint density at radius 3 is 2.55 bits per heavy atom. The molecule has 2 aliphatic heterocycles. The van der Waals surface area contributed by atoms with Crippen LogP contribution in [0.3, 0.4) is 0 Å². The first-order valence-electron chi connectivity index (χ1n) is 10.8. The molecule has 1 N–H and O–H groups in total. The number of hydrogen-bond donors (Lipinski definition) is 1. The quantitative estimate of drug-likeness (QED) is 0.808. The summed E-state index contributed by atoms with van der Waals surface area (Å²) in [5, 5.41) is 14.2. The van der Waals surface area contributed by atoms with Gasteiger partial charge in [-0.2, -0.15) is 0 Å². The summed E-state index contributed by atoms with van der Waals surface area (Å²) in [5.41, 5.74) is 0.622. The number of likely N-dealkylation sites (tertiary alicyclic amines) is 2. The van der Waals surface area contributed by atoms with E-state index in [0.29, 0.717) is 63.3 Å². The molecule has 2 aliphatic rings. The van der Waals surface area contributed by atoms with Gasteiger partial charge in [-0.3, -0.25) is 9.59 Å². The van der Waals surface area contributed by atoms with Crippen molar-refractivity contribution in [1.29, 1.82) is 0 Å². The molecule has 0 aliphatic carbocycles. The number of carbonyl (C=O) groups excluding carboxylic acids is 2. The third-order valence-corrected chi connectivity index (χ3v) is 6.51. The van der Waals surface area contributed by atoms with Crippen molar-refractivity contribution >= 4 is 11.8 Å². The number of benzene rings is 1. The zero-order chi connectivity index (χ0) is 22.0. The lowest BCUT2D eigenvalue weighted by Crippen LogP contribution is -2.54. The number of aliphatic hydroxyl groups is 1. The second-order valence-corrected chi connectivity index (χ2v) is 8.70. The van der Waals surface area contributed by atoms with Gasteiger partial charge < -0.3 is 19.4 Å². The van der Waals surface area contributed by atoms with E-state index in [-0.39, 0.29) is 17.6 Å². The van der Waals surface area contributed by atoms with Crippen LogP contribution in [-0.2, 0) is 16.0 Å². The molecule has 7 nitrogen and oxygen atoms in total. The molecule has 166 valence electrons. The van der Waals surface area contributed by atoms with Gasteiger partial charge in [0.2, 0.25) is 11.8 Å². The van der Waals surface area contributed by atoms with Crippen LogP contribution in [0.2, 0.25) is 0 Å². The van der Waals surface area contributed by atoms with E-state index in [0.717, 1.165) is 12.0 Å². The van der Waals surface area contributed by atoms with E-state index in [2.05, 4.69) is 5.16 Å². The monoisotopic (exact) mass is 429 g/mol. The molecule has 3 heterocycles. The van der Waals surface area contributed by atoms with Crippen molar-refractivity contribution in [3.63, 3.8) is 0 Å². The molecule has 4 rings (SSSR count). The minimum atomic E-state index is -0.706. The van der Waals surface area contributed by atoms with E-state index < -0.39 is 11.5 Å². The van der Waals surface area contributed by atoms with Gasteiger partial charge in [-0.05, 0) is 49.9 Å². The summed E-state index contributed by atoms with van der Waals surface area (Å²) in [4.78, 5) is 29.0. The maximum atomic E-state index is 13.6. The van der Waals surface area contributed by atoms with E-state index in [1.165, 1.54) is 12.1 Å². The zero-order valence-corrected chi connectivity index (χ0v) is 17.7. The lowest BCUT2D eigenvalue weighted by molar-refractivity contribution is -0.151. The fourth-order valence-corrected chi connectivity index (χ4v) is 4.68. The first kappa shape index (κ1) is 21.5. The third-order valence-electron chi connectivity index (χ3n) is 6.51. The number of amides is 2. The fourth-order valence-electron chi connectivity index (χ4n) is 4.68. The topological polar surface area (TPSA) is 86.9 Å². The lowest BCUT2D eigenvalue weighted by Gasteiger charge is -2.44. The molecule has 2 fully saturated rings. The maximum Gasteiger partial charge on any atom is 0.229 e. The van der Waals surface area contributed by atoms with Crippen LogP contribution in [0.4, 0.5) is 4.39 Å². The SMILES string of the molecule is CC(=O)N1CCC(Cc2cc(-c3ccc(F)cc3)no2)(C(=O)N2CCC[C@H](O)C2)CC1. The predicted octanol–water partition coefficient (Wildman–Crippen LogP) is 2.64. The van der Waals surface area contributed by atoms with Crippen LogP contribution in [0, 0.1) is 11.2 Å². The lowest BCUT2D eigenvalue weighted by atomic mass is 9.73. The molecule has 0 spiro atoms. The molecule has 1 aromatic heterocycles. The van der Waals surface area contributed by atoms with Gasteiger partial charge in [-0.25, -0.2) is 4.39 Å². The molecule has 31 heavy (non-hydrogen) atoms. The average Bonchev–Trinajstić information content (AvgIpc) is 3.22. The minimum Gasteiger partial charge on any atom is -0.391 e. The molecule has 2 saturated heterocycles. The highest BCUT2D eigenvalue weighted by Crippen LogP contribution is 2.38. The van der Waals surface area contributed by atoms with Crippen LogP contribution in [0.25, 0.3) is 11.3 Å². The Kier molecular flexibility index (Phi) is 6.09. The summed E-state index contributed by atoms with van der Waals surface area (Å²) in [6, 6.07) is 7.81. The van der Waals surface area contributed by atoms with Crippen molar-refractivity contribution in [3.05, 3.63) is 41.9 Å². The number of piperidine rings is 2. The summed E-state index contributed by atoms with van der Waals surface area (Å²) in [5.74, 6) is 0.279. The van der Waals surface area contributed by atoms with Crippen LogP contribution in [0.5, 0.6) is 0 Å². The molecular formula is C23H28FN3O4. The van der Waals surface area contributed by atoms with E-state index in [1.54, 1.807) is 34.9 Å². The molecule has 2 amide bonds. The first-order chi connectivity index (χ1) is 14.9. The number of carbonyl (C=O) groups is 2. The highest BCUT2D eigenvalue weighted by molar-refractivity contribution is 5.84. The van der Waals surface area contributed by atoms with Gasteiger partial charge in [-0.1, -0.05) is 5.16 Å². The Bertz CT molecular complexity index is 935. The van der Waals surface area contributed by atoms with E-state index in [1.807, 2.05) is 0 Å². The van der Waals surface area contributed by atoms with Crippen molar-refractivity contribution in [2.45, 2.75) is 45.1 Å². The fraction of sp³-hybridized carbons (Fsp3) is 0.522. The van der Waals surface area contributed by atoms with Crippen molar-refractivity contribution in [2.24, 2.45) is 5.41 Å². The van der Waals surface area contributed by atoms with E-state index in [9.17, 15) is 19.1 Å². The predicted molar refractivity (Wildman–Crippen MR) is 111 cm³/mol. The average molecular weight is 429 g/mol. The Labute approximate surface area is 180 Å². The summed E-state index contributed by atoms with van der Waals surface area (Å²) < 4.78 is 18.8. The van der Waals surface area contributed by atoms with E-state index >= 15 is 0 Å². The van der Waals surface area contributed by atoms with Gasteiger partial charge >= 0.3 is 0 Å². The van der Waals surface area contributed by atoms with Crippen molar-refractivity contribution in [3.8, 4) is 11.3 Å². The number of aromatic nitrogens is 1. The van der Waals surface area contributed by atoms with Gasteiger partial charge in [0.15, 0.2) is 0 Å². The van der Waals surface area contributed by atoms with Crippen LogP contribution in [-0.4, -0.2) is 64.2 Å². The second kappa shape index (κ2) is 8.78. The smallest absolute Gasteiger partial charge is 0.229 e. The molecule has 0 radical (unpaired) electrons. The maximum absolute atomic E-state index is 13.6. The Hall–Kier alpha value is -2.74. The zero-order valence-electron chi connectivity index (χ0n) is 17.7. The number of rotatable bonds is 4. The largest absolute Gasteiger partial charge is 0.391 e. The molecule has 0 bridgehead atoms. The number of nitrogens with zero attached hydrogens (tertiary/aromatic N) is 3. The normalized spacial score (nSPS) is 21.2. The van der Waals surface area contributed by atoms with Gasteiger partial charge in [0.25, 0.3) is 0 Å². The van der Waals surface area contributed by atoms with Gasteiger partial charge in [0.05, 0.1) is 11.5 Å². The molecule has 2 aromatic rings. The highest BCUT2D eigenvalue weighted by atomic mass is 19.1. The van der Waals surface area contributed by atoms with Crippen molar-refractivity contribution in [2.75, 3.05) is 26.2 Å². The standard InChI is InChI=1S/C23H28FN3O4/c1-16(28)26-11-8-23(9-12-26,22(30)27-10-2-3-19(29)15-27)14-20-13-21(25-31-20)17-4-6-18(24)7-5-17/h4-7,13,19,29H,2-3,8-12,14-15H2,1H3/t19-/m0/s1. The summed E-state index contributed by atoms with van der Waals surface area (Å²) in [7, 11) is 0. The minimum absolute atomic E-state index is 0.00713. The number of β-amino-alcohol motifs (C(OH)–C–C–N with tert-alkyl or cyclic N) is 1. The molecule has 0 saturated carbocycles. The van der Waals surface area contributed by atoms with Crippen LogP contribution in [0.15, 0.2) is 34.9 Å². The Morgan fingerprint density at radius 2 is 1.90 bits per heavy atom. The Morgan fingerprint density at radius 1 is 1.19 bits per heavy atom. The molecular weight excluding hydrogens is 401 g/mol. The number of hydrogen-bond acceptors (Lipinski definition) is 5. The van der Waals surface area contributed by atoms with Crippen LogP contribution in [0.1, 0.15) is 38.4 Å². The van der Waals surface area contributed by atoms with Crippen molar-refractivity contribution < 1.29 is 23.6 Å². The van der Waals surface area contributed by atoms with Gasteiger partial charge in [0, 0.05) is 51.2 Å². The van der Waals surface area contributed by atoms with Crippen LogP contribution < -0.4 is 0 Å². The summed E-state index contributed by atoms with van der Waals surface area (Å²) >= 11 is 0. The number of aliphatic hydroxyl groups excluding tert-OH is 1. The number of halogens is 1.